The number of benzene rings is 2. The minimum Gasteiger partial charge on any atom is -0.479 e. The number of nitrogens with one attached hydrogen (secondary N) is 2. The lowest BCUT2D eigenvalue weighted by Crippen LogP contribution is -2.51. The van der Waals surface area contributed by atoms with Crippen molar-refractivity contribution in [3.63, 3.8) is 0 Å². The molecule has 8 heteroatoms. The fourth-order valence-electron chi connectivity index (χ4n) is 4.17. The highest BCUT2D eigenvalue weighted by Gasteiger charge is 2.36. The average molecular weight is 424 g/mol. The molecule has 2 aromatic carbocycles. The molecule has 0 bridgehead atoms. The summed E-state index contributed by atoms with van der Waals surface area (Å²) in [6.45, 7) is 1.92. The number of carboxylic acid groups (broad SMARTS) is 1. The third kappa shape index (κ3) is 4.25. The lowest BCUT2D eigenvalue weighted by Gasteiger charge is -2.20. The zero-order chi connectivity index (χ0) is 22.0. The molecule has 3 N–H and O–H groups in total. The Morgan fingerprint density at radius 2 is 1.71 bits per heavy atom. The molecule has 1 heterocycles. The second-order valence-electron chi connectivity index (χ2n) is 7.72. The molecule has 0 aromatic heterocycles. The zero-order valence-electron chi connectivity index (χ0n) is 17.0. The molecule has 0 spiro atoms. The summed E-state index contributed by atoms with van der Waals surface area (Å²) in [7, 11) is 0. The van der Waals surface area contributed by atoms with E-state index in [1.54, 1.807) is 0 Å². The summed E-state index contributed by atoms with van der Waals surface area (Å²) in [5.41, 5.74) is 4.46. The van der Waals surface area contributed by atoms with Crippen molar-refractivity contribution in [1.29, 1.82) is 0 Å². The number of ether oxygens (including phenoxy) is 2. The maximum absolute atomic E-state index is 12.4. The van der Waals surface area contributed by atoms with E-state index in [2.05, 4.69) is 22.8 Å². The fraction of sp³-hybridized carbons (Fsp3) is 0.348. The molecule has 0 radical (unpaired) electrons. The van der Waals surface area contributed by atoms with Crippen LogP contribution in [0.2, 0.25) is 0 Å². The maximum atomic E-state index is 12.4. The van der Waals surface area contributed by atoms with Gasteiger partial charge in [0.25, 0.3) is 0 Å². The lowest BCUT2D eigenvalue weighted by atomic mass is 9.98. The Bertz CT molecular complexity index is 962. The molecular formula is C23H24N2O6. The smallest absolute Gasteiger partial charge is 0.407 e. The van der Waals surface area contributed by atoms with Crippen LogP contribution in [0, 0.1) is 0 Å². The van der Waals surface area contributed by atoms with Gasteiger partial charge in [-0.3, -0.25) is 4.79 Å². The summed E-state index contributed by atoms with van der Waals surface area (Å²) < 4.78 is 10.6. The van der Waals surface area contributed by atoms with E-state index >= 15 is 0 Å². The van der Waals surface area contributed by atoms with Crippen LogP contribution >= 0.6 is 0 Å². The first-order valence-corrected chi connectivity index (χ1v) is 10.2. The Morgan fingerprint density at radius 3 is 2.32 bits per heavy atom. The number of carbonyl (C=O) groups is 3. The number of hydrogen-bond acceptors (Lipinski definition) is 5. The second-order valence-corrected chi connectivity index (χ2v) is 7.72. The summed E-state index contributed by atoms with van der Waals surface area (Å²) in [6.07, 6.45) is -1.38. The van der Waals surface area contributed by atoms with E-state index in [1.807, 2.05) is 36.4 Å². The third-order valence-corrected chi connectivity index (χ3v) is 5.73. The predicted octanol–water partition coefficient (Wildman–Crippen LogP) is 2.27. The van der Waals surface area contributed by atoms with E-state index < -0.39 is 36.2 Å². The van der Waals surface area contributed by atoms with Gasteiger partial charge in [0.1, 0.15) is 12.6 Å². The molecule has 1 fully saturated rings. The summed E-state index contributed by atoms with van der Waals surface area (Å²) in [4.78, 5) is 35.8. The second kappa shape index (κ2) is 8.77. The molecule has 1 saturated heterocycles. The van der Waals surface area contributed by atoms with Gasteiger partial charge in [-0.25, -0.2) is 9.59 Å². The quantitative estimate of drug-likeness (QED) is 0.656. The summed E-state index contributed by atoms with van der Waals surface area (Å²) in [5.74, 6) is -1.69. The number of aliphatic carboxylic acids is 1. The van der Waals surface area contributed by atoms with E-state index in [0.29, 0.717) is 6.42 Å². The Hall–Kier alpha value is -3.39. The lowest BCUT2D eigenvalue weighted by molar-refractivity contribution is -0.148. The average Bonchev–Trinajstić information content (AvgIpc) is 3.35. The Kier molecular flexibility index (Phi) is 5.90. The first-order chi connectivity index (χ1) is 15.0. The molecular weight excluding hydrogens is 400 g/mol. The highest BCUT2D eigenvalue weighted by Crippen LogP contribution is 2.44. The molecule has 2 amide bonds. The van der Waals surface area contributed by atoms with Crippen molar-refractivity contribution in [2.24, 2.45) is 0 Å². The van der Waals surface area contributed by atoms with Crippen molar-refractivity contribution in [1.82, 2.24) is 10.6 Å². The first kappa shape index (κ1) is 20.9. The van der Waals surface area contributed by atoms with Gasteiger partial charge in [-0.2, -0.15) is 0 Å². The largest absolute Gasteiger partial charge is 0.479 e. The number of rotatable bonds is 6. The summed E-state index contributed by atoms with van der Waals surface area (Å²) >= 11 is 0. The van der Waals surface area contributed by atoms with E-state index in [1.165, 1.54) is 6.92 Å². The normalized spacial score (nSPS) is 20.4. The minimum atomic E-state index is -1.13. The van der Waals surface area contributed by atoms with Gasteiger partial charge in [0.05, 0.1) is 6.04 Å². The highest BCUT2D eigenvalue weighted by atomic mass is 16.5. The molecule has 3 unspecified atom stereocenters. The topological polar surface area (TPSA) is 114 Å². The van der Waals surface area contributed by atoms with Crippen LogP contribution in [0.5, 0.6) is 0 Å². The number of fused-ring (bicyclic) bond motifs is 3. The monoisotopic (exact) mass is 424 g/mol. The van der Waals surface area contributed by atoms with E-state index in [0.717, 1.165) is 22.3 Å². The molecule has 8 nitrogen and oxygen atoms in total. The van der Waals surface area contributed by atoms with Crippen LogP contribution in [-0.4, -0.2) is 54.5 Å². The summed E-state index contributed by atoms with van der Waals surface area (Å²) in [5, 5.41) is 14.3. The van der Waals surface area contributed by atoms with Crippen LogP contribution in [0.3, 0.4) is 0 Å². The molecule has 1 aliphatic heterocycles. The molecule has 3 atom stereocenters. The highest BCUT2D eigenvalue weighted by molar-refractivity contribution is 5.86. The third-order valence-electron chi connectivity index (χ3n) is 5.73. The standard InChI is InChI=1S/C23H24N2O6/c1-13(21(26)25-19-10-11-30-20(19)22(27)28)24-23(29)31-12-18-16-8-4-2-6-14(16)15-7-3-5-9-17(15)18/h2-9,13,18-20H,10-12H2,1H3,(H,24,29)(H,25,26)(H,27,28). The van der Waals surface area contributed by atoms with Gasteiger partial charge in [-0.05, 0) is 35.6 Å². The van der Waals surface area contributed by atoms with Gasteiger partial charge >= 0.3 is 12.1 Å². The van der Waals surface area contributed by atoms with Crippen molar-refractivity contribution in [2.45, 2.75) is 37.5 Å². The Labute approximate surface area is 179 Å². The van der Waals surface area contributed by atoms with Crippen molar-refractivity contribution < 1.29 is 29.0 Å². The molecule has 2 aliphatic rings. The molecule has 0 saturated carbocycles. The van der Waals surface area contributed by atoms with E-state index in [-0.39, 0.29) is 19.1 Å². The van der Waals surface area contributed by atoms with Crippen LogP contribution in [0.15, 0.2) is 48.5 Å². The van der Waals surface area contributed by atoms with Gasteiger partial charge in [0.2, 0.25) is 5.91 Å². The van der Waals surface area contributed by atoms with Crippen molar-refractivity contribution >= 4 is 18.0 Å². The van der Waals surface area contributed by atoms with Crippen LogP contribution < -0.4 is 10.6 Å². The van der Waals surface area contributed by atoms with Crippen LogP contribution in [0.25, 0.3) is 11.1 Å². The Balaban J connectivity index is 1.33. The first-order valence-electron chi connectivity index (χ1n) is 10.2. The van der Waals surface area contributed by atoms with Crippen LogP contribution in [0.4, 0.5) is 4.79 Å². The number of amides is 2. The Morgan fingerprint density at radius 1 is 1.10 bits per heavy atom. The molecule has 2 aromatic rings. The van der Waals surface area contributed by atoms with Crippen molar-refractivity contribution in [2.75, 3.05) is 13.2 Å². The molecule has 1 aliphatic carbocycles. The van der Waals surface area contributed by atoms with Crippen molar-refractivity contribution in [3.05, 3.63) is 59.7 Å². The van der Waals surface area contributed by atoms with Crippen molar-refractivity contribution in [3.8, 4) is 11.1 Å². The maximum Gasteiger partial charge on any atom is 0.407 e. The van der Waals surface area contributed by atoms with E-state index in [4.69, 9.17) is 14.6 Å². The zero-order valence-corrected chi connectivity index (χ0v) is 17.0. The number of hydrogen-bond donors (Lipinski definition) is 3. The molecule has 162 valence electrons. The predicted molar refractivity (Wildman–Crippen MR) is 112 cm³/mol. The van der Waals surface area contributed by atoms with Gasteiger partial charge in [0.15, 0.2) is 6.10 Å². The number of alkyl carbamates (subject to hydrolysis) is 1. The van der Waals surface area contributed by atoms with Crippen LogP contribution in [0.1, 0.15) is 30.4 Å². The van der Waals surface area contributed by atoms with Gasteiger partial charge in [0, 0.05) is 12.5 Å². The van der Waals surface area contributed by atoms with Crippen LogP contribution in [-0.2, 0) is 19.1 Å². The van der Waals surface area contributed by atoms with Gasteiger partial charge in [-0.15, -0.1) is 0 Å². The summed E-state index contributed by atoms with van der Waals surface area (Å²) in [6, 6.07) is 14.5. The van der Waals surface area contributed by atoms with Gasteiger partial charge in [-0.1, -0.05) is 48.5 Å². The minimum absolute atomic E-state index is 0.0748. The molecule has 31 heavy (non-hydrogen) atoms. The SMILES string of the molecule is CC(NC(=O)OCC1c2ccccc2-c2ccccc21)C(=O)NC1CCOC1C(=O)O. The number of carbonyl (C=O) groups excluding carboxylic acids is 2. The molecule has 4 rings (SSSR count). The fourth-order valence-corrected chi connectivity index (χ4v) is 4.17. The van der Waals surface area contributed by atoms with Gasteiger partial charge < -0.3 is 25.2 Å². The number of carboxylic acids is 1. The van der Waals surface area contributed by atoms with E-state index in [9.17, 15) is 14.4 Å².